The molecule has 0 spiro atoms. The van der Waals surface area contributed by atoms with Gasteiger partial charge in [0, 0.05) is 32.7 Å². The van der Waals surface area contributed by atoms with E-state index in [2.05, 4.69) is 27.2 Å². The van der Waals surface area contributed by atoms with E-state index in [1.807, 2.05) is 38.1 Å². The van der Waals surface area contributed by atoms with Crippen molar-refractivity contribution in [1.29, 1.82) is 0 Å². The number of aryl methyl sites for hydroxylation is 1. The quantitative estimate of drug-likeness (QED) is 0.789. The van der Waals surface area contributed by atoms with Crippen molar-refractivity contribution < 1.29 is 19.0 Å². The number of hydrogen-bond acceptors (Lipinski definition) is 6. The minimum atomic E-state index is -0.206. The Morgan fingerprint density at radius 3 is 2.63 bits per heavy atom. The van der Waals surface area contributed by atoms with Crippen LogP contribution in [0.5, 0.6) is 17.2 Å². The van der Waals surface area contributed by atoms with E-state index in [-0.39, 0.29) is 11.9 Å². The Hall–Kier alpha value is -2.77. The zero-order valence-electron chi connectivity index (χ0n) is 17.8. The maximum absolute atomic E-state index is 12.8. The molecule has 30 heavy (non-hydrogen) atoms. The summed E-state index contributed by atoms with van der Waals surface area (Å²) in [5.41, 5.74) is 3.01. The highest BCUT2D eigenvalue weighted by Crippen LogP contribution is 2.33. The summed E-state index contributed by atoms with van der Waals surface area (Å²) in [6.07, 6.45) is 0. The van der Waals surface area contributed by atoms with Gasteiger partial charge in [-0.2, -0.15) is 0 Å². The monoisotopic (exact) mass is 411 g/mol. The van der Waals surface area contributed by atoms with E-state index in [1.165, 1.54) is 5.56 Å². The van der Waals surface area contributed by atoms with Crippen LogP contribution in [0.3, 0.4) is 0 Å². The molecule has 7 nitrogen and oxygen atoms in total. The maximum Gasteiger partial charge on any atom is 0.241 e. The van der Waals surface area contributed by atoms with E-state index >= 15 is 0 Å². The number of fused-ring (bicyclic) bond motifs is 1. The van der Waals surface area contributed by atoms with Crippen molar-refractivity contribution in [2.75, 3.05) is 45.4 Å². The molecule has 1 fully saturated rings. The zero-order valence-corrected chi connectivity index (χ0v) is 17.8. The molecular weight excluding hydrogens is 382 g/mol. The molecule has 2 aromatic carbocycles. The van der Waals surface area contributed by atoms with Gasteiger partial charge >= 0.3 is 0 Å². The van der Waals surface area contributed by atoms with Gasteiger partial charge in [-0.05, 0) is 49.2 Å². The van der Waals surface area contributed by atoms with Gasteiger partial charge in [0.1, 0.15) is 5.75 Å². The number of anilines is 1. The Bertz CT molecular complexity index is 909. The number of benzene rings is 2. The average molecular weight is 412 g/mol. The first-order valence-corrected chi connectivity index (χ1v) is 10.3. The first-order valence-electron chi connectivity index (χ1n) is 10.3. The van der Waals surface area contributed by atoms with Gasteiger partial charge in [-0.25, -0.2) is 0 Å². The second-order valence-electron chi connectivity index (χ2n) is 7.87. The van der Waals surface area contributed by atoms with Gasteiger partial charge in [0.25, 0.3) is 0 Å². The summed E-state index contributed by atoms with van der Waals surface area (Å²) in [4.78, 5) is 17.5. The second kappa shape index (κ2) is 8.93. The minimum absolute atomic E-state index is 0.0110. The molecule has 1 amide bonds. The molecular formula is C23H29N3O4. The van der Waals surface area contributed by atoms with E-state index in [9.17, 15) is 4.79 Å². The fraction of sp³-hybridized carbons (Fsp3) is 0.435. The number of amides is 1. The lowest BCUT2D eigenvalue weighted by molar-refractivity contribution is -0.121. The Morgan fingerprint density at radius 2 is 1.87 bits per heavy atom. The van der Waals surface area contributed by atoms with Crippen LogP contribution >= 0.6 is 0 Å². The largest absolute Gasteiger partial charge is 0.495 e. The molecule has 0 unspecified atom stereocenters. The number of rotatable bonds is 6. The summed E-state index contributed by atoms with van der Waals surface area (Å²) in [5, 5.41) is 3.03. The molecule has 1 atom stereocenters. The molecule has 2 aromatic rings. The SMILES string of the molecule is COc1ccc(C)cc1NC(=O)[C@H](C)N1CCN(Cc2ccc3c(c2)OCO3)CC1. The first kappa shape index (κ1) is 20.5. The predicted octanol–water partition coefficient (Wildman–Crippen LogP) is 2.88. The fourth-order valence-corrected chi connectivity index (χ4v) is 3.93. The van der Waals surface area contributed by atoms with E-state index in [1.54, 1.807) is 7.11 Å². The van der Waals surface area contributed by atoms with Gasteiger partial charge in [0.05, 0.1) is 18.8 Å². The Labute approximate surface area is 177 Å². The van der Waals surface area contributed by atoms with E-state index in [4.69, 9.17) is 14.2 Å². The van der Waals surface area contributed by atoms with Gasteiger partial charge < -0.3 is 19.5 Å². The lowest BCUT2D eigenvalue weighted by atomic mass is 10.1. The predicted molar refractivity (Wildman–Crippen MR) is 115 cm³/mol. The summed E-state index contributed by atoms with van der Waals surface area (Å²) in [6.45, 7) is 8.66. The summed E-state index contributed by atoms with van der Waals surface area (Å²) >= 11 is 0. The second-order valence-corrected chi connectivity index (χ2v) is 7.87. The molecule has 2 aliphatic heterocycles. The smallest absolute Gasteiger partial charge is 0.241 e. The van der Waals surface area contributed by atoms with Crippen molar-refractivity contribution in [2.45, 2.75) is 26.4 Å². The van der Waals surface area contributed by atoms with Crippen molar-refractivity contribution in [2.24, 2.45) is 0 Å². The number of piperazine rings is 1. The molecule has 2 aliphatic rings. The van der Waals surface area contributed by atoms with Crippen LogP contribution in [0.1, 0.15) is 18.1 Å². The van der Waals surface area contributed by atoms with Gasteiger partial charge in [-0.3, -0.25) is 14.6 Å². The van der Waals surface area contributed by atoms with Gasteiger partial charge in [-0.1, -0.05) is 12.1 Å². The summed E-state index contributed by atoms with van der Waals surface area (Å²) in [7, 11) is 1.61. The lowest BCUT2D eigenvalue weighted by Gasteiger charge is -2.37. The third-order valence-corrected chi connectivity index (χ3v) is 5.79. The first-order chi connectivity index (χ1) is 14.5. The molecule has 7 heteroatoms. The normalized spacial score (nSPS) is 17.6. The molecule has 0 aliphatic carbocycles. The van der Waals surface area contributed by atoms with Crippen LogP contribution in [0, 0.1) is 6.92 Å². The van der Waals surface area contributed by atoms with E-state index in [0.29, 0.717) is 12.5 Å². The standard InChI is InChI=1S/C23H29N3O4/c1-16-4-6-20(28-3)19(12-16)24-23(27)17(2)26-10-8-25(9-11-26)14-18-5-7-21-22(13-18)30-15-29-21/h4-7,12-13,17H,8-11,14-15H2,1-3H3,(H,24,27)/t17-/m0/s1. The molecule has 0 aromatic heterocycles. The molecule has 0 saturated carbocycles. The average Bonchev–Trinajstić information content (AvgIpc) is 3.22. The maximum atomic E-state index is 12.8. The van der Waals surface area contributed by atoms with Gasteiger partial charge in [0.15, 0.2) is 11.5 Å². The van der Waals surface area contributed by atoms with Crippen molar-refractivity contribution in [3.05, 3.63) is 47.5 Å². The molecule has 1 saturated heterocycles. The molecule has 1 N–H and O–H groups in total. The molecule has 160 valence electrons. The lowest BCUT2D eigenvalue weighted by Crippen LogP contribution is -2.52. The Balaban J connectivity index is 1.30. The highest BCUT2D eigenvalue weighted by Gasteiger charge is 2.26. The number of nitrogens with one attached hydrogen (secondary N) is 1. The highest BCUT2D eigenvalue weighted by molar-refractivity contribution is 5.96. The van der Waals surface area contributed by atoms with Gasteiger partial charge in [0.2, 0.25) is 12.7 Å². The van der Waals surface area contributed by atoms with Crippen LogP contribution in [-0.2, 0) is 11.3 Å². The third kappa shape index (κ3) is 4.52. The number of methoxy groups -OCH3 is 1. The minimum Gasteiger partial charge on any atom is -0.495 e. The fourth-order valence-electron chi connectivity index (χ4n) is 3.93. The number of carbonyl (C=O) groups excluding carboxylic acids is 1. The third-order valence-electron chi connectivity index (χ3n) is 5.79. The number of nitrogens with zero attached hydrogens (tertiary/aromatic N) is 2. The van der Waals surface area contributed by atoms with Crippen molar-refractivity contribution in [3.8, 4) is 17.2 Å². The number of carbonyl (C=O) groups is 1. The van der Waals surface area contributed by atoms with E-state index < -0.39 is 0 Å². The summed E-state index contributed by atoms with van der Waals surface area (Å²) in [6, 6.07) is 11.7. The Morgan fingerprint density at radius 1 is 1.10 bits per heavy atom. The zero-order chi connectivity index (χ0) is 21.1. The van der Waals surface area contributed by atoms with Crippen LogP contribution in [0.25, 0.3) is 0 Å². The van der Waals surface area contributed by atoms with Crippen LogP contribution in [0.15, 0.2) is 36.4 Å². The van der Waals surface area contributed by atoms with Crippen LogP contribution in [0.2, 0.25) is 0 Å². The van der Waals surface area contributed by atoms with Crippen LogP contribution in [-0.4, -0.2) is 61.8 Å². The highest BCUT2D eigenvalue weighted by atomic mass is 16.7. The van der Waals surface area contributed by atoms with Crippen molar-refractivity contribution >= 4 is 11.6 Å². The van der Waals surface area contributed by atoms with Crippen LogP contribution < -0.4 is 19.5 Å². The molecule has 0 radical (unpaired) electrons. The Kier molecular flexibility index (Phi) is 6.11. The summed E-state index contributed by atoms with van der Waals surface area (Å²) < 4.78 is 16.2. The number of ether oxygens (including phenoxy) is 3. The number of hydrogen-bond donors (Lipinski definition) is 1. The van der Waals surface area contributed by atoms with Crippen LogP contribution in [0.4, 0.5) is 5.69 Å². The van der Waals surface area contributed by atoms with Crippen molar-refractivity contribution in [1.82, 2.24) is 9.80 Å². The summed E-state index contributed by atoms with van der Waals surface area (Å²) in [5.74, 6) is 2.30. The molecule has 4 rings (SSSR count). The van der Waals surface area contributed by atoms with Crippen molar-refractivity contribution in [3.63, 3.8) is 0 Å². The van der Waals surface area contributed by atoms with Gasteiger partial charge in [-0.15, -0.1) is 0 Å². The molecule has 2 heterocycles. The topological polar surface area (TPSA) is 63.3 Å². The van der Waals surface area contributed by atoms with E-state index in [0.717, 1.165) is 55.5 Å². The molecule has 0 bridgehead atoms.